The van der Waals surface area contributed by atoms with E-state index in [4.69, 9.17) is 15.9 Å². The van der Waals surface area contributed by atoms with Gasteiger partial charge in [0.15, 0.2) is 0 Å². The van der Waals surface area contributed by atoms with Gasteiger partial charge in [-0.2, -0.15) is 0 Å². The Labute approximate surface area is 107 Å². The first-order valence-corrected chi connectivity index (χ1v) is 6.90. The van der Waals surface area contributed by atoms with Crippen molar-refractivity contribution < 1.29 is 13.2 Å². The lowest BCUT2D eigenvalue weighted by Crippen LogP contribution is -2.25. The molecule has 0 unspecified atom stereocenters. The summed E-state index contributed by atoms with van der Waals surface area (Å²) < 4.78 is 31.1. The van der Waals surface area contributed by atoms with E-state index in [0.717, 1.165) is 0 Å². The second-order valence-corrected chi connectivity index (χ2v) is 5.47. The lowest BCUT2D eigenvalue weighted by Gasteiger charge is -2.07. The second-order valence-electron chi connectivity index (χ2n) is 3.70. The van der Waals surface area contributed by atoms with Gasteiger partial charge in [0, 0.05) is 13.0 Å². The van der Waals surface area contributed by atoms with Crippen molar-refractivity contribution in [2.24, 2.45) is 5.73 Å². The Hall–Kier alpha value is -1.60. The Morgan fingerprint density at radius 2 is 2.00 bits per heavy atom. The summed E-state index contributed by atoms with van der Waals surface area (Å²) in [7, 11) is -1.98. The molecule has 100 valence electrons. The zero-order valence-electron chi connectivity index (χ0n) is 10.1. The van der Waals surface area contributed by atoms with Gasteiger partial charge in [-0.15, -0.1) is 0 Å². The van der Waals surface area contributed by atoms with Gasteiger partial charge in [0.2, 0.25) is 10.0 Å². The zero-order valence-corrected chi connectivity index (χ0v) is 11.0. The van der Waals surface area contributed by atoms with Crippen LogP contribution in [0.2, 0.25) is 0 Å². The highest BCUT2D eigenvalue weighted by Crippen LogP contribution is 2.15. The molecule has 0 aromatic heterocycles. The second kappa shape index (κ2) is 6.36. The Kier molecular flexibility index (Phi) is 5.11. The summed E-state index contributed by atoms with van der Waals surface area (Å²) in [5, 5.41) is 7.02. The number of hydrogen-bond acceptors (Lipinski definition) is 4. The van der Waals surface area contributed by atoms with E-state index in [1.807, 2.05) is 0 Å². The summed E-state index contributed by atoms with van der Waals surface area (Å²) in [5.41, 5.74) is 5.18. The molecule has 0 saturated heterocycles. The maximum Gasteiger partial charge on any atom is 0.240 e. The summed E-state index contributed by atoms with van der Waals surface area (Å²) in [6, 6.07) is 6.13. The summed E-state index contributed by atoms with van der Waals surface area (Å²) in [5.74, 6) is 0.657. The average molecular weight is 271 g/mol. The number of methoxy groups -OCH3 is 1. The molecule has 0 saturated carbocycles. The number of sulfonamides is 1. The zero-order chi connectivity index (χ0) is 13.6. The fourth-order valence-electron chi connectivity index (χ4n) is 1.32. The Morgan fingerprint density at radius 3 is 2.50 bits per heavy atom. The average Bonchev–Trinajstić information content (AvgIpc) is 2.34. The van der Waals surface area contributed by atoms with Crippen LogP contribution >= 0.6 is 0 Å². The number of ether oxygens (including phenoxy) is 1. The third kappa shape index (κ3) is 4.34. The number of amidine groups is 1. The molecule has 0 spiro atoms. The maximum atomic E-state index is 11.8. The van der Waals surface area contributed by atoms with E-state index < -0.39 is 10.0 Å². The van der Waals surface area contributed by atoms with E-state index in [-0.39, 0.29) is 17.3 Å². The van der Waals surface area contributed by atoms with Crippen molar-refractivity contribution in [3.05, 3.63) is 24.3 Å². The van der Waals surface area contributed by atoms with Gasteiger partial charge in [0.25, 0.3) is 0 Å². The molecule has 0 aliphatic heterocycles. The smallest absolute Gasteiger partial charge is 0.240 e. The van der Waals surface area contributed by atoms with Gasteiger partial charge in [-0.05, 0) is 30.7 Å². The molecule has 0 bridgehead atoms. The summed E-state index contributed by atoms with van der Waals surface area (Å²) in [6.07, 6.45) is 0.885. The van der Waals surface area contributed by atoms with Gasteiger partial charge in [-0.1, -0.05) is 0 Å². The van der Waals surface area contributed by atoms with Crippen LogP contribution in [0.1, 0.15) is 12.8 Å². The molecule has 0 amide bonds. The normalized spacial score (nSPS) is 11.2. The third-order valence-corrected chi connectivity index (χ3v) is 3.76. The van der Waals surface area contributed by atoms with E-state index in [0.29, 0.717) is 18.6 Å². The summed E-state index contributed by atoms with van der Waals surface area (Å²) in [4.78, 5) is 0.186. The molecule has 18 heavy (non-hydrogen) atoms. The first kappa shape index (κ1) is 14.5. The van der Waals surface area contributed by atoms with Crippen molar-refractivity contribution in [2.45, 2.75) is 17.7 Å². The topological polar surface area (TPSA) is 105 Å². The molecule has 6 nitrogen and oxygen atoms in total. The first-order valence-electron chi connectivity index (χ1n) is 5.42. The van der Waals surface area contributed by atoms with Crippen molar-refractivity contribution in [3.8, 4) is 5.75 Å². The Morgan fingerprint density at radius 1 is 1.39 bits per heavy atom. The van der Waals surface area contributed by atoms with Crippen LogP contribution in [0.5, 0.6) is 5.75 Å². The highest BCUT2D eigenvalue weighted by atomic mass is 32.2. The predicted molar refractivity (Wildman–Crippen MR) is 69.3 cm³/mol. The number of nitrogens with two attached hydrogens (primary N) is 1. The van der Waals surface area contributed by atoms with Gasteiger partial charge < -0.3 is 10.5 Å². The molecule has 0 heterocycles. The molecule has 1 aromatic rings. The molecule has 1 aromatic carbocycles. The van der Waals surface area contributed by atoms with E-state index in [9.17, 15) is 8.42 Å². The number of hydrogen-bond donors (Lipinski definition) is 3. The molecule has 7 heteroatoms. The molecule has 0 radical (unpaired) electrons. The molecule has 1 rings (SSSR count). The van der Waals surface area contributed by atoms with E-state index >= 15 is 0 Å². The predicted octanol–water partition coefficient (Wildman–Crippen LogP) is 0.690. The van der Waals surface area contributed by atoms with Gasteiger partial charge >= 0.3 is 0 Å². The van der Waals surface area contributed by atoms with Crippen LogP contribution in [0.3, 0.4) is 0 Å². The van der Waals surface area contributed by atoms with Crippen LogP contribution in [-0.2, 0) is 10.0 Å². The number of nitrogens with one attached hydrogen (secondary N) is 2. The highest BCUT2D eigenvalue weighted by molar-refractivity contribution is 7.89. The monoisotopic (exact) mass is 271 g/mol. The van der Waals surface area contributed by atoms with Crippen LogP contribution in [0.25, 0.3) is 0 Å². The largest absolute Gasteiger partial charge is 0.497 e. The fraction of sp³-hybridized carbons (Fsp3) is 0.364. The fourth-order valence-corrected chi connectivity index (χ4v) is 2.40. The minimum atomic E-state index is -3.50. The van der Waals surface area contributed by atoms with E-state index in [1.165, 1.54) is 19.2 Å². The Bertz CT molecular complexity index is 497. The lowest BCUT2D eigenvalue weighted by atomic mass is 10.3. The van der Waals surface area contributed by atoms with Crippen molar-refractivity contribution in [2.75, 3.05) is 13.7 Å². The van der Waals surface area contributed by atoms with E-state index in [1.54, 1.807) is 12.1 Å². The summed E-state index contributed by atoms with van der Waals surface area (Å²) in [6.45, 7) is 0.258. The van der Waals surface area contributed by atoms with Gasteiger partial charge in [-0.25, -0.2) is 13.1 Å². The van der Waals surface area contributed by atoms with Gasteiger partial charge in [-0.3, -0.25) is 5.41 Å². The van der Waals surface area contributed by atoms with Crippen molar-refractivity contribution in [3.63, 3.8) is 0 Å². The minimum absolute atomic E-state index is 0.0543. The molecular formula is C11H17N3O3S. The SMILES string of the molecule is COc1ccc(S(=O)(=O)NCCCC(=N)N)cc1. The maximum absolute atomic E-state index is 11.8. The van der Waals surface area contributed by atoms with Gasteiger partial charge in [0.1, 0.15) is 5.75 Å². The molecule has 0 fully saturated rings. The molecule has 0 aliphatic rings. The van der Waals surface area contributed by atoms with Crippen LogP contribution in [0.4, 0.5) is 0 Å². The van der Waals surface area contributed by atoms with Crippen LogP contribution in [-0.4, -0.2) is 27.9 Å². The Balaban J connectivity index is 2.59. The van der Waals surface area contributed by atoms with Crippen molar-refractivity contribution in [1.82, 2.24) is 4.72 Å². The standard InChI is InChI=1S/C11H17N3O3S/c1-17-9-4-6-10(7-5-9)18(15,16)14-8-2-3-11(12)13/h4-7,14H,2-3,8H2,1H3,(H3,12,13). The van der Waals surface area contributed by atoms with Gasteiger partial charge in [0.05, 0.1) is 17.8 Å². The lowest BCUT2D eigenvalue weighted by molar-refractivity contribution is 0.414. The molecule has 0 aliphatic carbocycles. The number of rotatable bonds is 7. The first-order chi connectivity index (χ1) is 8.45. The quantitative estimate of drug-likeness (QED) is 0.385. The number of benzene rings is 1. The third-order valence-electron chi connectivity index (χ3n) is 2.28. The minimum Gasteiger partial charge on any atom is -0.497 e. The van der Waals surface area contributed by atoms with Crippen LogP contribution in [0, 0.1) is 5.41 Å². The highest BCUT2D eigenvalue weighted by Gasteiger charge is 2.12. The van der Waals surface area contributed by atoms with Crippen molar-refractivity contribution >= 4 is 15.9 Å². The van der Waals surface area contributed by atoms with Crippen LogP contribution in [0.15, 0.2) is 29.2 Å². The van der Waals surface area contributed by atoms with E-state index in [2.05, 4.69) is 4.72 Å². The molecular weight excluding hydrogens is 254 g/mol. The molecule has 0 atom stereocenters. The van der Waals surface area contributed by atoms with Crippen molar-refractivity contribution in [1.29, 1.82) is 5.41 Å². The van der Waals surface area contributed by atoms with Crippen LogP contribution < -0.4 is 15.2 Å². The summed E-state index contributed by atoms with van der Waals surface area (Å²) >= 11 is 0. The molecule has 4 N–H and O–H groups in total.